The van der Waals surface area contributed by atoms with Gasteiger partial charge in [0.25, 0.3) is 0 Å². The summed E-state index contributed by atoms with van der Waals surface area (Å²) in [6.07, 6.45) is 11.5. The Bertz CT molecular complexity index is 803. The van der Waals surface area contributed by atoms with E-state index >= 15 is 0 Å². The average molecular weight is 568 g/mol. The van der Waals surface area contributed by atoms with Gasteiger partial charge >= 0.3 is 6.09 Å². The van der Waals surface area contributed by atoms with E-state index in [4.69, 9.17) is 4.74 Å². The summed E-state index contributed by atoms with van der Waals surface area (Å²) in [5.41, 5.74) is 0. The number of rotatable bonds is 11. The van der Waals surface area contributed by atoms with Crippen LogP contribution in [0.25, 0.3) is 0 Å². The quantitative estimate of drug-likeness (QED) is 0.406. The minimum absolute atomic E-state index is 0.162. The van der Waals surface area contributed by atoms with Crippen LogP contribution in [0.1, 0.15) is 58.3 Å². The van der Waals surface area contributed by atoms with Crippen LogP contribution in [-0.4, -0.2) is 91.2 Å². The first kappa shape index (κ1) is 28.6. The third-order valence-corrected chi connectivity index (χ3v) is 7.77. The Hall–Kier alpha value is -1.94. The van der Waals surface area contributed by atoms with Crippen LogP contribution in [-0.2, 0) is 9.53 Å². The van der Waals surface area contributed by atoms with Crippen molar-refractivity contribution in [3.8, 4) is 0 Å². The Morgan fingerprint density at radius 2 is 1.89 bits per heavy atom. The highest BCUT2D eigenvalue weighted by Gasteiger charge is 2.30. The van der Waals surface area contributed by atoms with Crippen LogP contribution >= 0.6 is 15.9 Å². The highest BCUT2D eigenvalue weighted by molar-refractivity contribution is 9.10. The van der Waals surface area contributed by atoms with Crippen molar-refractivity contribution in [2.45, 2.75) is 58.3 Å². The molecule has 0 unspecified atom stereocenters. The summed E-state index contributed by atoms with van der Waals surface area (Å²) < 4.78 is 6.18. The van der Waals surface area contributed by atoms with Gasteiger partial charge in [0, 0.05) is 71.2 Å². The van der Waals surface area contributed by atoms with E-state index in [-0.39, 0.29) is 12.0 Å². The summed E-state index contributed by atoms with van der Waals surface area (Å²) in [7, 11) is 2.04. The molecular weight excluding hydrogens is 524 g/mol. The smallest absolute Gasteiger partial charge is 0.407 e. The second kappa shape index (κ2) is 15.3. The van der Waals surface area contributed by atoms with Crippen LogP contribution < -0.4 is 10.2 Å². The number of nitrogens with zero attached hydrogens (tertiary/aromatic N) is 5. The third-order valence-electron chi connectivity index (χ3n) is 7.36. The molecule has 0 atom stereocenters. The monoisotopic (exact) mass is 566 g/mol. The molecule has 2 fully saturated rings. The first-order valence-corrected chi connectivity index (χ1v) is 14.4. The molecule has 9 nitrogen and oxygen atoms in total. The number of ether oxygens (including phenoxy) is 1. The maximum Gasteiger partial charge on any atom is 0.407 e. The number of alkyl carbamates (subject to hydrolysis) is 1. The van der Waals surface area contributed by atoms with Crippen molar-refractivity contribution in [3.05, 3.63) is 16.9 Å². The van der Waals surface area contributed by atoms with Crippen LogP contribution in [0.2, 0.25) is 0 Å². The summed E-state index contributed by atoms with van der Waals surface area (Å²) in [5.74, 6) is 1.91. The number of unbranched alkanes of at least 4 members (excludes halogenated alkanes) is 1. The van der Waals surface area contributed by atoms with Crippen molar-refractivity contribution < 1.29 is 14.3 Å². The molecule has 0 aromatic carbocycles. The fourth-order valence-electron chi connectivity index (χ4n) is 5.04. The first-order chi connectivity index (χ1) is 17.5. The lowest BCUT2D eigenvalue weighted by molar-refractivity contribution is -0.136. The van der Waals surface area contributed by atoms with Gasteiger partial charge in [-0.05, 0) is 66.8 Å². The van der Waals surface area contributed by atoms with Gasteiger partial charge in [0.05, 0.1) is 4.47 Å². The minimum Gasteiger partial charge on any atom is -0.448 e. The second-order valence-electron chi connectivity index (χ2n) is 10.1. The molecule has 3 rings (SSSR count). The topological polar surface area (TPSA) is 90.9 Å². The van der Waals surface area contributed by atoms with E-state index in [0.717, 1.165) is 94.5 Å². The number of amides is 2. The number of aromatic nitrogens is 2. The van der Waals surface area contributed by atoms with Crippen LogP contribution in [0.5, 0.6) is 0 Å². The van der Waals surface area contributed by atoms with Crippen molar-refractivity contribution in [3.63, 3.8) is 0 Å². The van der Waals surface area contributed by atoms with Crippen molar-refractivity contribution in [1.82, 2.24) is 25.1 Å². The van der Waals surface area contributed by atoms with Crippen LogP contribution in [0.3, 0.4) is 0 Å². The number of halogens is 1. The Labute approximate surface area is 224 Å². The number of nitrogens with one attached hydrogen (secondary N) is 1. The summed E-state index contributed by atoms with van der Waals surface area (Å²) in [6, 6.07) is 0. The zero-order valence-electron chi connectivity index (χ0n) is 22.0. The lowest BCUT2D eigenvalue weighted by atomic mass is 9.80. The number of hydrogen-bond donors (Lipinski definition) is 1. The van der Waals surface area contributed by atoms with Crippen molar-refractivity contribution in [1.29, 1.82) is 0 Å². The largest absolute Gasteiger partial charge is 0.448 e. The van der Waals surface area contributed by atoms with Gasteiger partial charge < -0.3 is 19.9 Å². The molecule has 0 spiro atoms. The number of hydrogen-bond acceptors (Lipinski definition) is 7. The maximum atomic E-state index is 13.2. The van der Waals surface area contributed by atoms with Crippen LogP contribution in [0, 0.1) is 11.8 Å². The fraction of sp³-hybridized carbons (Fsp3) is 0.769. The zero-order chi connectivity index (χ0) is 25.8. The molecule has 1 N–H and O–H groups in total. The van der Waals surface area contributed by atoms with E-state index in [1.807, 2.05) is 7.05 Å². The molecule has 36 heavy (non-hydrogen) atoms. The van der Waals surface area contributed by atoms with E-state index in [2.05, 4.69) is 52.8 Å². The normalized spacial score (nSPS) is 21.0. The summed E-state index contributed by atoms with van der Waals surface area (Å²) >= 11 is 3.38. The van der Waals surface area contributed by atoms with Gasteiger partial charge in [-0.15, -0.1) is 0 Å². The number of carbonyl (C=O) groups excluding carboxylic acids is 2. The van der Waals surface area contributed by atoms with Gasteiger partial charge in [-0.3, -0.25) is 9.69 Å². The summed E-state index contributed by atoms with van der Waals surface area (Å²) in [4.78, 5) is 40.1. The van der Waals surface area contributed by atoms with Gasteiger partial charge in [0.2, 0.25) is 11.9 Å². The zero-order valence-corrected chi connectivity index (χ0v) is 23.5. The molecule has 1 aromatic heterocycles. The van der Waals surface area contributed by atoms with E-state index < -0.39 is 0 Å². The second-order valence-corrected chi connectivity index (χ2v) is 11.0. The van der Waals surface area contributed by atoms with E-state index in [1.165, 1.54) is 0 Å². The van der Waals surface area contributed by atoms with E-state index in [9.17, 15) is 9.59 Å². The molecule has 1 aromatic rings. The molecule has 1 saturated carbocycles. The van der Waals surface area contributed by atoms with E-state index in [0.29, 0.717) is 31.5 Å². The van der Waals surface area contributed by atoms with Gasteiger partial charge in [0.1, 0.15) is 6.61 Å². The Balaban J connectivity index is 1.31. The highest BCUT2D eigenvalue weighted by atomic mass is 79.9. The Morgan fingerprint density at radius 3 is 2.61 bits per heavy atom. The van der Waals surface area contributed by atoms with Gasteiger partial charge in [-0.25, -0.2) is 14.8 Å². The summed E-state index contributed by atoms with van der Waals surface area (Å²) in [5, 5.41) is 2.78. The Morgan fingerprint density at radius 1 is 1.14 bits per heavy atom. The predicted octanol–water partition coefficient (Wildman–Crippen LogP) is 3.93. The molecule has 1 aliphatic carbocycles. The van der Waals surface area contributed by atoms with Crippen molar-refractivity contribution in [2.24, 2.45) is 11.8 Å². The molecule has 2 aliphatic rings. The molecule has 2 amide bonds. The molecular formula is C26H43BrN6O3. The lowest BCUT2D eigenvalue weighted by Gasteiger charge is -2.32. The highest BCUT2D eigenvalue weighted by Crippen LogP contribution is 2.32. The van der Waals surface area contributed by atoms with Gasteiger partial charge in [0.15, 0.2) is 0 Å². The minimum atomic E-state index is -0.334. The lowest BCUT2D eigenvalue weighted by Crippen LogP contribution is -2.40. The molecule has 1 aliphatic heterocycles. The van der Waals surface area contributed by atoms with Crippen molar-refractivity contribution in [2.75, 3.05) is 64.4 Å². The average Bonchev–Trinajstić information content (AvgIpc) is 3.13. The fourth-order valence-corrected chi connectivity index (χ4v) is 5.24. The third kappa shape index (κ3) is 9.50. The maximum absolute atomic E-state index is 13.2. The van der Waals surface area contributed by atoms with Crippen LogP contribution in [0.4, 0.5) is 10.7 Å². The molecule has 0 radical (unpaired) electrons. The first-order valence-electron chi connectivity index (χ1n) is 13.6. The molecule has 0 bridgehead atoms. The SMILES string of the molecule is CCCCNC(=O)OCCN1CCCN(C(=O)C2CCC(CCN(C)c3ncc(Br)cn3)CC2)CC1. The van der Waals surface area contributed by atoms with Crippen LogP contribution in [0.15, 0.2) is 16.9 Å². The summed E-state index contributed by atoms with van der Waals surface area (Å²) in [6.45, 7) is 8.15. The number of carbonyl (C=O) groups is 2. The van der Waals surface area contributed by atoms with E-state index in [1.54, 1.807) is 12.4 Å². The van der Waals surface area contributed by atoms with Gasteiger partial charge in [-0.2, -0.15) is 0 Å². The molecule has 10 heteroatoms. The molecule has 1 saturated heterocycles. The standard InChI is InChI=1S/C26H43BrN6O3/c1-3-4-11-28-26(35)36-18-17-32-12-5-13-33(16-15-32)24(34)22-8-6-21(7-9-22)10-14-31(2)25-29-19-23(27)20-30-25/h19-22H,3-18H2,1-2H3,(H,28,35). The number of anilines is 1. The molecule has 2 heterocycles. The predicted molar refractivity (Wildman–Crippen MR) is 145 cm³/mol. The molecule has 202 valence electrons. The Kier molecular flexibility index (Phi) is 12.2. The van der Waals surface area contributed by atoms with Crippen molar-refractivity contribution >= 4 is 33.9 Å². The van der Waals surface area contributed by atoms with Gasteiger partial charge in [-0.1, -0.05) is 13.3 Å².